The summed E-state index contributed by atoms with van der Waals surface area (Å²) in [6.45, 7) is 3.14. The molecule has 1 saturated heterocycles. The van der Waals surface area contributed by atoms with Gasteiger partial charge in [0.1, 0.15) is 35.6 Å². The first-order valence-corrected chi connectivity index (χ1v) is 9.26. The van der Waals surface area contributed by atoms with Crippen molar-refractivity contribution in [1.82, 2.24) is 0 Å². The van der Waals surface area contributed by atoms with Crippen molar-refractivity contribution in [1.29, 1.82) is 0 Å². The number of phenols is 2. The number of ether oxygens (including phenoxy) is 2. The van der Waals surface area contributed by atoms with Crippen LogP contribution in [0.1, 0.15) is 44.3 Å². The molecule has 9 nitrogen and oxygen atoms in total. The minimum atomic E-state index is -1.59. The number of benzene rings is 2. The lowest BCUT2D eigenvalue weighted by atomic mass is 9.82. The molecule has 5 N–H and O–H groups in total. The highest BCUT2D eigenvalue weighted by Crippen LogP contribution is 2.40. The third kappa shape index (κ3) is 3.03. The highest BCUT2D eigenvalue weighted by molar-refractivity contribution is 6.30. The fourth-order valence-corrected chi connectivity index (χ4v) is 3.79. The van der Waals surface area contributed by atoms with Crippen molar-refractivity contribution in [3.05, 3.63) is 52.1 Å². The molecule has 9 heteroatoms. The van der Waals surface area contributed by atoms with Crippen LogP contribution in [0.2, 0.25) is 0 Å². The fraction of sp³-hybridized carbons (Fsp3) is 0.333. The molecule has 0 saturated carbocycles. The van der Waals surface area contributed by atoms with Gasteiger partial charge in [-0.15, -0.1) is 0 Å². The monoisotopic (exact) mass is 416 g/mol. The number of fused-ring (bicyclic) bond motifs is 2. The third-order valence-corrected chi connectivity index (χ3v) is 5.36. The largest absolute Gasteiger partial charge is 0.507 e. The van der Waals surface area contributed by atoms with Crippen LogP contribution >= 0.6 is 0 Å². The van der Waals surface area contributed by atoms with Gasteiger partial charge >= 0.3 is 0 Å². The van der Waals surface area contributed by atoms with E-state index >= 15 is 0 Å². The van der Waals surface area contributed by atoms with Gasteiger partial charge in [-0.1, -0.05) is 0 Å². The Balaban J connectivity index is 1.73. The van der Waals surface area contributed by atoms with Crippen LogP contribution in [-0.2, 0) is 4.74 Å². The van der Waals surface area contributed by atoms with Gasteiger partial charge in [-0.3, -0.25) is 9.59 Å². The molecule has 158 valence electrons. The maximum Gasteiger partial charge on any atom is 0.229 e. The summed E-state index contributed by atoms with van der Waals surface area (Å²) in [6, 6.07) is 5.11. The van der Waals surface area contributed by atoms with Gasteiger partial charge < -0.3 is 35.0 Å². The van der Waals surface area contributed by atoms with E-state index in [-0.39, 0.29) is 33.8 Å². The van der Waals surface area contributed by atoms with Gasteiger partial charge in [-0.2, -0.15) is 0 Å². The van der Waals surface area contributed by atoms with Gasteiger partial charge in [0, 0.05) is 17.2 Å². The molecule has 0 spiro atoms. The zero-order valence-electron chi connectivity index (χ0n) is 16.1. The Bertz CT molecular complexity index is 1060. The van der Waals surface area contributed by atoms with Gasteiger partial charge in [0.05, 0.1) is 17.2 Å². The standard InChI is InChI=1S/C21H20O9/c1-7-3-10-14(12(22)4-7)18(26)15-11(17(10)25)5-9(6-13(15)23)30-21-20(28)19(27)16(24)8(2)29-21/h3-6,8,16,19-24,27-28H,1-2H3/t8-,16-,19+,20+,21-/m1/s1. The molecule has 2 aromatic rings. The van der Waals surface area contributed by atoms with E-state index in [1.165, 1.54) is 25.1 Å². The predicted molar refractivity (Wildman–Crippen MR) is 101 cm³/mol. The van der Waals surface area contributed by atoms with Crippen LogP contribution in [0.15, 0.2) is 24.3 Å². The molecule has 0 radical (unpaired) electrons. The zero-order valence-corrected chi connectivity index (χ0v) is 16.1. The van der Waals surface area contributed by atoms with Crippen molar-refractivity contribution in [3.8, 4) is 17.2 Å². The average molecular weight is 416 g/mol. The van der Waals surface area contributed by atoms with Crippen molar-refractivity contribution in [2.45, 2.75) is 44.6 Å². The minimum Gasteiger partial charge on any atom is -0.507 e. The first kappa shape index (κ1) is 20.3. The molecule has 5 atom stereocenters. The molecule has 2 aromatic carbocycles. The molecule has 1 aliphatic heterocycles. The predicted octanol–water partition coefficient (Wildman–Crippen LogP) is 0.388. The first-order valence-electron chi connectivity index (χ1n) is 9.26. The molecule has 1 aliphatic carbocycles. The highest BCUT2D eigenvalue weighted by Gasteiger charge is 2.43. The summed E-state index contributed by atoms with van der Waals surface area (Å²) in [6.07, 6.45) is -6.66. The fourth-order valence-electron chi connectivity index (χ4n) is 3.79. The molecule has 0 amide bonds. The second kappa shape index (κ2) is 7.06. The Kier molecular flexibility index (Phi) is 4.78. The Morgan fingerprint density at radius 2 is 1.43 bits per heavy atom. The Hall–Kier alpha value is -2.98. The number of carbonyl (C=O) groups excluding carboxylic acids is 2. The van der Waals surface area contributed by atoms with Crippen molar-refractivity contribution < 1.29 is 44.6 Å². The molecule has 2 aliphatic rings. The zero-order chi connectivity index (χ0) is 21.9. The number of aryl methyl sites for hydroxylation is 1. The lowest BCUT2D eigenvalue weighted by molar-refractivity contribution is -0.268. The number of aromatic hydroxyl groups is 2. The van der Waals surface area contributed by atoms with Crippen LogP contribution in [0.4, 0.5) is 0 Å². The summed E-state index contributed by atoms with van der Waals surface area (Å²) in [7, 11) is 0. The molecule has 0 bridgehead atoms. The smallest absolute Gasteiger partial charge is 0.229 e. The molecule has 0 aromatic heterocycles. The SMILES string of the molecule is Cc1cc(O)c2c(c1)C(=O)c1cc(O[C@H]3O[C@H](C)[C@@H](O)[C@H](O)[C@@H]3O)cc(O)c1C2=O. The number of phenolic OH excluding ortho intramolecular Hbond substituents is 2. The van der Waals surface area contributed by atoms with Crippen molar-refractivity contribution in [2.75, 3.05) is 0 Å². The maximum atomic E-state index is 13.0. The summed E-state index contributed by atoms with van der Waals surface area (Å²) in [4.78, 5) is 25.8. The van der Waals surface area contributed by atoms with E-state index in [1.54, 1.807) is 6.92 Å². The van der Waals surface area contributed by atoms with Crippen molar-refractivity contribution in [3.63, 3.8) is 0 Å². The lowest BCUT2D eigenvalue weighted by Gasteiger charge is -2.39. The molecule has 1 fully saturated rings. The van der Waals surface area contributed by atoms with Gasteiger partial charge in [0.15, 0.2) is 5.78 Å². The Labute approximate surface area is 170 Å². The summed E-state index contributed by atoms with van der Waals surface area (Å²) in [5.41, 5.74) is -0.00573. The van der Waals surface area contributed by atoms with E-state index in [4.69, 9.17) is 9.47 Å². The van der Waals surface area contributed by atoms with Crippen LogP contribution in [0.5, 0.6) is 17.2 Å². The number of hydrogen-bond acceptors (Lipinski definition) is 9. The molecule has 4 rings (SSSR count). The van der Waals surface area contributed by atoms with Crippen LogP contribution < -0.4 is 4.74 Å². The number of hydrogen-bond donors (Lipinski definition) is 5. The normalized spacial score (nSPS) is 28.1. The Morgan fingerprint density at radius 3 is 2.10 bits per heavy atom. The summed E-state index contributed by atoms with van der Waals surface area (Å²) >= 11 is 0. The molecular formula is C21H20O9. The highest BCUT2D eigenvalue weighted by atomic mass is 16.7. The second-order valence-electron chi connectivity index (χ2n) is 7.53. The molecular weight excluding hydrogens is 396 g/mol. The number of ketones is 2. The van der Waals surface area contributed by atoms with Crippen LogP contribution in [0, 0.1) is 6.92 Å². The van der Waals surface area contributed by atoms with Gasteiger partial charge in [-0.05, 0) is 37.6 Å². The lowest BCUT2D eigenvalue weighted by Crippen LogP contribution is -2.58. The van der Waals surface area contributed by atoms with E-state index < -0.39 is 48.0 Å². The van der Waals surface area contributed by atoms with E-state index in [9.17, 15) is 35.1 Å². The number of aliphatic hydroxyl groups is 3. The van der Waals surface area contributed by atoms with Crippen molar-refractivity contribution in [2.24, 2.45) is 0 Å². The number of aliphatic hydroxyl groups excluding tert-OH is 3. The van der Waals surface area contributed by atoms with Crippen LogP contribution in [0.25, 0.3) is 0 Å². The summed E-state index contributed by atoms with van der Waals surface area (Å²) < 4.78 is 10.9. The second-order valence-corrected chi connectivity index (χ2v) is 7.53. The summed E-state index contributed by atoms with van der Waals surface area (Å²) in [5.74, 6) is -2.29. The van der Waals surface area contributed by atoms with Crippen LogP contribution in [-0.4, -0.2) is 67.8 Å². The summed E-state index contributed by atoms with van der Waals surface area (Å²) in [5, 5.41) is 50.4. The minimum absolute atomic E-state index is 0.00247. The van der Waals surface area contributed by atoms with E-state index in [2.05, 4.69) is 0 Å². The number of rotatable bonds is 2. The molecule has 0 unspecified atom stereocenters. The van der Waals surface area contributed by atoms with Gasteiger partial charge in [0.25, 0.3) is 0 Å². The third-order valence-electron chi connectivity index (χ3n) is 5.36. The maximum absolute atomic E-state index is 13.0. The first-order chi connectivity index (χ1) is 14.1. The van der Waals surface area contributed by atoms with Gasteiger partial charge in [-0.25, -0.2) is 0 Å². The molecule has 30 heavy (non-hydrogen) atoms. The van der Waals surface area contributed by atoms with Crippen molar-refractivity contribution >= 4 is 11.6 Å². The van der Waals surface area contributed by atoms with E-state index in [0.29, 0.717) is 5.56 Å². The van der Waals surface area contributed by atoms with Gasteiger partial charge in [0.2, 0.25) is 12.1 Å². The number of carbonyl (C=O) groups is 2. The molecule has 1 heterocycles. The Morgan fingerprint density at radius 1 is 0.833 bits per heavy atom. The quantitative estimate of drug-likeness (QED) is 0.399. The van der Waals surface area contributed by atoms with Crippen LogP contribution in [0.3, 0.4) is 0 Å². The average Bonchev–Trinajstić information content (AvgIpc) is 2.67. The topological polar surface area (TPSA) is 154 Å². The van der Waals surface area contributed by atoms with E-state index in [1.807, 2.05) is 0 Å². The van der Waals surface area contributed by atoms with E-state index in [0.717, 1.165) is 6.07 Å².